The summed E-state index contributed by atoms with van der Waals surface area (Å²) >= 11 is 13.1. The number of carboxylic acids is 1. The number of nitrogens with one attached hydrogen (secondary N) is 1. The second-order valence-electron chi connectivity index (χ2n) is 8.40. The molecule has 2 heterocycles. The maximum Gasteiger partial charge on any atom is 0.436 e. The van der Waals surface area contributed by atoms with Gasteiger partial charge < -0.3 is 19.5 Å². The molecule has 2 aliphatic heterocycles. The van der Waals surface area contributed by atoms with Crippen LogP contribution in [0.3, 0.4) is 0 Å². The molecule has 5 rings (SSSR count). The van der Waals surface area contributed by atoms with E-state index < -0.39 is 29.3 Å². The van der Waals surface area contributed by atoms with Gasteiger partial charge in [-0.05, 0) is 99.6 Å². The third-order valence-corrected chi connectivity index (χ3v) is 8.62. The SMILES string of the molecule is O=C(Nc1ccc(C(=O)O)c(-c2c3cc(Br)c(=O)c(Br)c-3oc3c(Br)c(O)c(Br)cc23)c1)ON1C(=O)CCC1=O. The lowest BCUT2D eigenvalue weighted by Gasteiger charge is -2.20. The first-order valence-corrected chi connectivity index (χ1v) is 14.2. The molecule has 204 valence electrons. The Kier molecular flexibility index (Phi) is 7.50. The van der Waals surface area contributed by atoms with E-state index >= 15 is 0 Å². The molecule has 0 aromatic heterocycles. The fourth-order valence-corrected chi connectivity index (χ4v) is 6.58. The monoisotopic (exact) mass is 800 g/mol. The van der Waals surface area contributed by atoms with Crippen molar-refractivity contribution in [2.24, 2.45) is 0 Å². The van der Waals surface area contributed by atoms with Gasteiger partial charge in [0.2, 0.25) is 5.43 Å². The highest BCUT2D eigenvalue weighted by molar-refractivity contribution is 9.11. The van der Waals surface area contributed by atoms with E-state index in [0.717, 1.165) is 0 Å². The molecule has 15 heteroatoms. The average molecular weight is 804 g/mol. The van der Waals surface area contributed by atoms with Crippen molar-refractivity contribution in [2.75, 3.05) is 5.32 Å². The van der Waals surface area contributed by atoms with Gasteiger partial charge in [0, 0.05) is 35.0 Å². The highest BCUT2D eigenvalue weighted by Gasteiger charge is 2.33. The Morgan fingerprint density at radius 1 is 0.925 bits per heavy atom. The third-order valence-electron chi connectivity index (χ3n) is 5.97. The summed E-state index contributed by atoms with van der Waals surface area (Å²) in [4.78, 5) is 66.0. The number of carboxylic acid groups (broad SMARTS) is 1. The van der Waals surface area contributed by atoms with Crippen molar-refractivity contribution in [3.05, 3.63) is 64.0 Å². The topological polar surface area (TPSA) is 163 Å². The molecule has 0 radical (unpaired) electrons. The highest BCUT2D eigenvalue weighted by Crippen LogP contribution is 2.49. The van der Waals surface area contributed by atoms with Gasteiger partial charge in [0.05, 0.1) is 14.5 Å². The Morgan fingerprint density at radius 2 is 1.60 bits per heavy atom. The number of aromatic hydroxyl groups is 1. The van der Waals surface area contributed by atoms with E-state index in [1.807, 2.05) is 0 Å². The van der Waals surface area contributed by atoms with Crippen molar-refractivity contribution in [2.45, 2.75) is 12.8 Å². The molecular weight excluding hydrogens is 792 g/mol. The summed E-state index contributed by atoms with van der Waals surface area (Å²) < 4.78 is 6.63. The fourth-order valence-electron chi connectivity index (χ4n) is 4.18. The summed E-state index contributed by atoms with van der Waals surface area (Å²) in [5.41, 5.74) is 0.293. The van der Waals surface area contributed by atoms with Gasteiger partial charge in [0.1, 0.15) is 14.7 Å². The summed E-state index contributed by atoms with van der Waals surface area (Å²) in [5.74, 6) is -2.75. The zero-order valence-corrected chi connectivity index (χ0v) is 25.9. The number of hydrogen-bond acceptors (Lipinski definition) is 8. The zero-order valence-electron chi connectivity index (χ0n) is 19.5. The van der Waals surface area contributed by atoms with Gasteiger partial charge in [-0.25, -0.2) is 9.59 Å². The summed E-state index contributed by atoms with van der Waals surface area (Å²) in [5, 5.41) is 23.7. The van der Waals surface area contributed by atoms with Gasteiger partial charge >= 0.3 is 12.1 Å². The first-order valence-electron chi connectivity index (χ1n) is 11.1. The maximum atomic E-state index is 12.7. The molecule has 0 saturated carbocycles. The van der Waals surface area contributed by atoms with E-state index in [1.165, 1.54) is 30.3 Å². The van der Waals surface area contributed by atoms with Gasteiger partial charge in [0.25, 0.3) is 11.8 Å². The van der Waals surface area contributed by atoms with Crippen molar-refractivity contribution in [1.82, 2.24) is 5.06 Å². The van der Waals surface area contributed by atoms with Crippen molar-refractivity contribution in [1.29, 1.82) is 0 Å². The number of fused-ring (bicyclic) bond motifs is 2. The molecule has 40 heavy (non-hydrogen) atoms. The van der Waals surface area contributed by atoms with Crippen LogP contribution >= 0.6 is 63.7 Å². The number of hydrogen-bond donors (Lipinski definition) is 3. The van der Waals surface area contributed by atoms with E-state index in [4.69, 9.17) is 9.25 Å². The Hall–Kier alpha value is -3.27. The van der Waals surface area contributed by atoms with Gasteiger partial charge in [-0.15, -0.1) is 5.06 Å². The normalized spacial score (nSPS) is 13.3. The number of carbonyl (C=O) groups is 4. The van der Waals surface area contributed by atoms with Gasteiger partial charge in [-0.3, -0.25) is 19.7 Å². The molecule has 1 saturated heterocycles. The van der Waals surface area contributed by atoms with Crippen LogP contribution in [0.15, 0.2) is 57.4 Å². The van der Waals surface area contributed by atoms with Crippen LogP contribution in [0.1, 0.15) is 23.2 Å². The van der Waals surface area contributed by atoms with Crippen LogP contribution in [0.2, 0.25) is 0 Å². The molecule has 1 fully saturated rings. The number of hydroxylamine groups is 2. The largest absolute Gasteiger partial charge is 0.505 e. The quantitative estimate of drug-likeness (QED) is 0.152. The fraction of sp³-hybridized carbons (Fsp3) is 0.0800. The van der Waals surface area contributed by atoms with E-state index in [0.29, 0.717) is 21.6 Å². The van der Waals surface area contributed by atoms with Crippen LogP contribution in [0.5, 0.6) is 5.75 Å². The summed E-state index contributed by atoms with van der Waals surface area (Å²) in [6.07, 6.45) is -1.31. The van der Waals surface area contributed by atoms with E-state index in [1.54, 1.807) is 0 Å². The number of anilines is 1. The van der Waals surface area contributed by atoms with Crippen LogP contribution in [-0.4, -0.2) is 39.2 Å². The lowest BCUT2D eigenvalue weighted by atomic mass is 9.90. The minimum atomic E-state index is -1.30. The predicted molar refractivity (Wildman–Crippen MR) is 155 cm³/mol. The molecule has 0 unspecified atom stereocenters. The number of halogens is 4. The minimum Gasteiger partial charge on any atom is -0.505 e. The number of benzene rings is 3. The van der Waals surface area contributed by atoms with Crippen molar-refractivity contribution < 1.29 is 38.6 Å². The number of phenolic OH excluding ortho intramolecular Hbond substituents is 1. The Labute approximate surface area is 256 Å². The van der Waals surface area contributed by atoms with Crippen LogP contribution < -0.4 is 10.7 Å². The number of phenols is 1. The standard InChI is InChI=1S/C25H12Br4N2O9/c26-13-6-11-17(12-7-14(27)21(35)19(29)23(12)39-22(11)18(28)20(13)34)10-5-8(1-2-9(10)24(36)37)30-25(38)40-31-15(32)3-4-16(31)33/h1-2,5-7,34H,3-4H2,(H,30,38)(H,36,37). The molecule has 2 aromatic rings. The molecule has 1 aliphatic carbocycles. The average Bonchev–Trinajstić information content (AvgIpc) is 3.21. The molecule has 0 atom stereocenters. The van der Waals surface area contributed by atoms with Gasteiger partial charge in [-0.2, -0.15) is 0 Å². The molecular formula is C25H12Br4N2O9. The Bertz CT molecular complexity index is 1820. The van der Waals surface area contributed by atoms with Crippen LogP contribution in [-0.2, 0) is 14.4 Å². The second kappa shape index (κ2) is 10.6. The van der Waals surface area contributed by atoms with Crippen LogP contribution in [0.25, 0.3) is 33.4 Å². The molecule has 0 spiro atoms. The molecule has 3 aliphatic rings. The minimum absolute atomic E-state index is 0.0454. The smallest absolute Gasteiger partial charge is 0.436 e. The maximum absolute atomic E-state index is 12.7. The predicted octanol–water partition coefficient (Wildman–Crippen LogP) is 6.63. The number of imide groups is 1. The number of aromatic carboxylic acids is 1. The summed E-state index contributed by atoms with van der Waals surface area (Å²) in [6, 6.07) is 6.90. The lowest BCUT2D eigenvalue weighted by Crippen LogP contribution is -2.33. The van der Waals surface area contributed by atoms with E-state index in [-0.39, 0.29) is 64.6 Å². The Morgan fingerprint density at radius 3 is 2.25 bits per heavy atom. The lowest BCUT2D eigenvalue weighted by molar-refractivity contribution is -0.170. The highest BCUT2D eigenvalue weighted by atomic mass is 79.9. The zero-order chi connectivity index (χ0) is 29.0. The molecule has 11 nitrogen and oxygen atoms in total. The van der Waals surface area contributed by atoms with Crippen molar-refractivity contribution in [3.63, 3.8) is 0 Å². The summed E-state index contributed by atoms with van der Waals surface area (Å²) in [7, 11) is 0. The first kappa shape index (κ1) is 28.3. The van der Waals surface area contributed by atoms with Crippen LogP contribution in [0.4, 0.5) is 10.5 Å². The number of amides is 3. The van der Waals surface area contributed by atoms with E-state index in [9.17, 15) is 34.2 Å². The number of rotatable bonds is 4. The van der Waals surface area contributed by atoms with Gasteiger partial charge in [-0.1, -0.05) is 0 Å². The second-order valence-corrected chi connectivity index (χ2v) is 11.7. The Balaban J connectivity index is 1.76. The van der Waals surface area contributed by atoms with Gasteiger partial charge in [0.15, 0.2) is 11.3 Å². The molecule has 0 bridgehead atoms. The van der Waals surface area contributed by atoms with Crippen LogP contribution in [0, 0.1) is 0 Å². The van der Waals surface area contributed by atoms with E-state index in [2.05, 4.69) is 69.0 Å². The first-order chi connectivity index (χ1) is 18.9. The summed E-state index contributed by atoms with van der Waals surface area (Å²) in [6.45, 7) is 0. The number of nitrogens with zero attached hydrogens (tertiary/aromatic N) is 1. The molecule has 3 N–H and O–H groups in total. The number of carbonyl (C=O) groups excluding carboxylic acids is 3. The molecule has 3 amide bonds. The van der Waals surface area contributed by atoms with Crippen molar-refractivity contribution >= 4 is 104 Å². The third kappa shape index (κ3) is 4.80. The molecule has 2 aromatic carbocycles. The van der Waals surface area contributed by atoms with Crippen molar-refractivity contribution in [3.8, 4) is 28.2 Å².